The summed E-state index contributed by atoms with van der Waals surface area (Å²) in [5.74, 6) is 0.0440. The van der Waals surface area contributed by atoms with Gasteiger partial charge in [-0.25, -0.2) is 0 Å². The van der Waals surface area contributed by atoms with Crippen molar-refractivity contribution in [3.8, 4) is 5.75 Å². The number of methoxy groups -OCH3 is 1. The third kappa shape index (κ3) is 4.75. The van der Waals surface area contributed by atoms with Crippen LogP contribution in [0.1, 0.15) is 42.1 Å². The SMILES string of the molecule is CCC(=O)N1CCC2(CC1)OC[C@@H](C(=O)NCc1cccnc1)N2C(=O)c1cccc(OC)c1. The van der Waals surface area contributed by atoms with Crippen molar-refractivity contribution in [2.24, 2.45) is 0 Å². The lowest BCUT2D eigenvalue weighted by atomic mass is 9.96. The lowest BCUT2D eigenvalue weighted by Gasteiger charge is -2.44. The van der Waals surface area contributed by atoms with Crippen LogP contribution in [0.15, 0.2) is 48.8 Å². The molecule has 0 unspecified atom stereocenters. The molecule has 1 N–H and O–H groups in total. The minimum absolute atomic E-state index is 0.0734. The lowest BCUT2D eigenvalue weighted by Crippen LogP contribution is -2.59. The third-order valence-electron chi connectivity index (χ3n) is 6.49. The molecular formula is C25H30N4O5. The number of carbonyl (C=O) groups excluding carboxylic acids is 3. The number of rotatable bonds is 6. The Morgan fingerprint density at radius 3 is 2.68 bits per heavy atom. The quantitative estimate of drug-likeness (QED) is 0.699. The van der Waals surface area contributed by atoms with Crippen LogP contribution >= 0.6 is 0 Å². The number of hydrogen-bond acceptors (Lipinski definition) is 6. The van der Waals surface area contributed by atoms with Crippen molar-refractivity contribution in [3.63, 3.8) is 0 Å². The van der Waals surface area contributed by atoms with Crippen LogP contribution in [-0.2, 0) is 20.9 Å². The highest BCUT2D eigenvalue weighted by Crippen LogP contribution is 2.39. The predicted octanol–water partition coefficient (Wildman–Crippen LogP) is 1.98. The number of nitrogens with zero attached hydrogens (tertiary/aromatic N) is 3. The maximum absolute atomic E-state index is 13.8. The number of hydrogen-bond donors (Lipinski definition) is 1. The number of ether oxygens (including phenoxy) is 2. The summed E-state index contributed by atoms with van der Waals surface area (Å²) < 4.78 is 11.5. The third-order valence-corrected chi connectivity index (χ3v) is 6.49. The van der Waals surface area contributed by atoms with Crippen LogP contribution in [0, 0.1) is 0 Å². The van der Waals surface area contributed by atoms with Gasteiger partial charge >= 0.3 is 0 Å². The Labute approximate surface area is 199 Å². The molecule has 2 aromatic rings. The zero-order valence-electron chi connectivity index (χ0n) is 19.5. The molecule has 9 nitrogen and oxygen atoms in total. The van der Waals surface area contributed by atoms with Gasteiger partial charge in [0.15, 0.2) is 0 Å². The van der Waals surface area contributed by atoms with Gasteiger partial charge in [0.2, 0.25) is 11.8 Å². The standard InChI is InChI=1S/C25H30N4O5/c1-3-22(30)28-12-9-25(10-13-28)29(24(32)19-7-4-8-20(14-19)33-2)21(17-34-25)23(31)27-16-18-6-5-11-26-15-18/h4-8,11,14-15,21H,3,9-10,12-13,16-17H2,1-2H3,(H,27,31)/t21-/m0/s1. The highest BCUT2D eigenvalue weighted by molar-refractivity contribution is 5.98. The summed E-state index contributed by atoms with van der Waals surface area (Å²) in [7, 11) is 1.54. The minimum atomic E-state index is -0.943. The summed E-state index contributed by atoms with van der Waals surface area (Å²) in [5.41, 5.74) is 0.337. The molecule has 1 spiro atoms. The Balaban J connectivity index is 1.58. The van der Waals surface area contributed by atoms with Crippen molar-refractivity contribution in [3.05, 3.63) is 59.9 Å². The van der Waals surface area contributed by atoms with Crippen molar-refractivity contribution >= 4 is 17.7 Å². The monoisotopic (exact) mass is 466 g/mol. The smallest absolute Gasteiger partial charge is 0.257 e. The van der Waals surface area contributed by atoms with Gasteiger partial charge < -0.3 is 19.7 Å². The van der Waals surface area contributed by atoms with Gasteiger partial charge in [-0.3, -0.25) is 24.3 Å². The molecule has 4 rings (SSSR count). The number of piperidine rings is 1. The van der Waals surface area contributed by atoms with Crippen molar-refractivity contribution in [1.29, 1.82) is 0 Å². The normalized spacial score (nSPS) is 19.2. The lowest BCUT2D eigenvalue weighted by molar-refractivity contribution is -0.143. The average Bonchev–Trinajstić information content (AvgIpc) is 3.25. The van der Waals surface area contributed by atoms with Gasteiger partial charge in [0.1, 0.15) is 17.5 Å². The summed E-state index contributed by atoms with van der Waals surface area (Å²) in [4.78, 5) is 46.6. The van der Waals surface area contributed by atoms with E-state index in [1.54, 1.807) is 59.6 Å². The number of pyridine rings is 1. The topological polar surface area (TPSA) is 101 Å². The first kappa shape index (κ1) is 23.7. The molecule has 0 saturated carbocycles. The van der Waals surface area contributed by atoms with E-state index in [9.17, 15) is 14.4 Å². The molecule has 0 aliphatic carbocycles. The van der Waals surface area contributed by atoms with Gasteiger partial charge in [-0.05, 0) is 29.8 Å². The Bertz CT molecular complexity index is 1040. The number of benzene rings is 1. The fraction of sp³-hybridized carbons (Fsp3) is 0.440. The molecule has 2 saturated heterocycles. The zero-order valence-corrected chi connectivity index (χ0v) is 19.5. The molecular weight excluding hydrogens is 436 g/mol. The van der Waals surface area contributed by atoms with Gasteiger partial charge in [0.05, 0.1) is 13.7 Å². The van der Waals surface area contributed by atoms with Gasteiger partial charge in [-0.15, -0.1) is 0 Å². The van der Waals surface area contributed by atoms with Crippen molar-refractivity contribution < 1.29 is 23.9 Å². The van der Waals surface area contributed by atoms with E-state index < -0.39 is 11.8 Å². The van der Waals surface area contributed by atoms with Crippen molar-refractivity contribution in [2.45, 2.75) is 44.5 Å². The van der Waals surface area contributed by atoms with Crippen molar-refractivity contribution in [2.75, 3.05) is 26.8 Å². The fourth-order valence-corrected chi connectivity index (χ4v) is 4.60. The Morgan fingerprint density at radius 2 is 2.00 bits per heavy atom. The molecule has 0 radical (unpaired) electrons. The summed E-state index contributed by atoms with van der Waals surface area (Å²) in [6, 6.07) is 9.77. The molecule has 2 fully saturated rings. The number of aromatic nitrogens is 1. The van der Waals surface area contributed by atoms with Gasteiger partial charge in [-0.2, -0.15) is 0 Å². The highest BCUT2D eigenvalue weighted by Gasteiger charge is 2.54. The molecule has 3 heterocycles. The summed E-state index contributed by atoms with van der Waals surface area (Å²) >= 11 is 0. The van der Waals surface area contributed by atoms with E-state index >= 15 is 0 Å². The largest absolute Gasteiger partial charge is 0.497 e. The second kappa shape index (κ2) is 10.2. The van der Waals surface area contributed by atoms with E-state index in [0.717, 1.165) is 5.56 Å². The van der Waals surface area contributed by atoms with Crippen LogP contribution < -0.4 is 10.1 Å². The number of carbonyl (C=O) groups is 3. The average molecular weight is 467 g/mol. The van der Waals surface area contributed by atoms with Gasteiger partial charge in [0, 0.05) is 56.9 Å². The van der Waals surface area contributed by atoms with E-state index in [1.807, 2.05) is 13.0 Å². The molecule has 34 heavy (non-hydrogen) atoms. The molecule has 1 aromatic heterocycles. The first-order valence-electron chi connectivity index (χ1n) is 11.5. The molecule has 3 amide bonds. The summed E-state index contributed by atoms with van der Waals surface area (Å²) in [5, 5.41) is 2.92. The molecule has 1 atom stereocenters. The molecule has 9 heteroatoms. The molecule has 0 bridgehead atoms. The van der Waals surface area contributed by atoms with Crippen LogP contribution in [-0.4, -0.2) is 71.1 Å². The maximum Gasteiger partial charge on any atom is 0.257 e. The zero-order chi connectivity index (χ0) is 24.1. The Morgan fingerprint density at radius 1 is 1.21 bits per heavy atom. The van der Waals surface area contributed by atoms with E-state index in [-0.39, 0.29) is 24.3 Å². The van der Waals surface area contributed by atoms with Crippen LogP contribution in [0.5, 0.6) is 5.75 Å². The van der Waals surface area contributed by atoms with Gasteiger partial charge in [-0.1, -0.05) is 19.1 Å². The van der Waals surface area contributed by atoms with E-state index in [4.69, 9.17) is 9.47 Å². The minimum Gasteiger partial charge on any atom is -0.497 e. The maximum atomic E-state index is 13.8. The van der Waals surface area contributed by atoms with E-state index in [2.05, 4.69) is 10.3 Å². The second-order valence-electron chi connectivity index (χ2n) is 8.49. The summed E-state index contributed by atoms with van der Waals surface area (Å²) in [6.07, 6.45) is 4.68. The predicted molar refractivity (Wildman–Crippen MR) is 124 cm³/mol. The number of likely N-dealkylation sites (tertiary alicyclic amines) is 1. The first-order chi connectivity index (χ1) is 16.5. The highest BCUT2D eigenvalue weighted by atomic mass is 16.5. The van der Waals surface area contributed by atoms with E-state index in [0.29, 0.717) is 50.2 Å². The van der Waals surface area contributed by atoms with Crippen LogP contribution in [0.3, 0.4) is 0 Å². The number of amides is 3. The first-order valence-corrected chi connectivity index (χ1v) is 11.5. The number of nitrogens with one attached hydrogen (secondary N) is 1. The second-order valence-corrected chi connectivity index (χ2v) is 8.49. The van der Waals surface area contributed by atoms with E-state index in [1.165, 1.54) is 0 Å². The van der Waals surface area contributed by atoms with Crippen LogP contribution in [0.25, 0.3) is 0 Å². The van der Waals surface area contributed by atoms with Crippen molar-refractivity contribution in [1.82, 2.24) is 20.1 Å². The Kier molecular flexibility index (Phi) is 7.12. The fourth-order valence-electron chi connectivity index (χ4n) is 4.60. The summed E-state index contributed by atoms with van der Waals surface area (Å²) in [6.45, 7) is 3.17. The van der Waals surface area contributed by atoms with Gasteiger partial charge in [0.25, 0.3) is 5.91 Å². The molecule has 1 aromatic carbocycles. The molecule has 180 valence electrons. The Hall–Kier alpha value is -3.46. The molecule has 2 aliphatic rings. The van der Waals surface area contributed by atoms with Crippen LogP contribution in [0.2, 0.25) is 0 Å². The molecule has 2 aliphatic heterocycles. The van der Waals surface area contributed by atoms with Crippen LogP contribution in [0.4, 0.5) is 0 Å².